The van der Waals surface area contributed by atoms with E-state index in [1.165, 1.54) is 25.7 Å². The molecule has 2 saturated heterocycles. The first-order chi connectivity index (χ1) is 11.4. The van der Waals surface area contributed by atoms with Gasteiger partial charge in [-0.15, -0.1) is 11.3 Å². The van der Waals surface area contributed by atoms with E-state index in [9.17, 15) is 13.2 Å². The van der Waals surface area contributed by atoms with Crippen molar-refractivity contribution in [3.8, 4) is 0 Å². The summed E-state index contributed by atoms with van der Waals surface area (Å²) in [5.74, 6) is 1.26. The number of carbonyl (C=O) groups is 1. The molecule has 1 aromatic rings. The first-order valence-electron chi connectivity index (χ1n) is 8.85. The van der Waals surface area contributed by atoms with E-state index in [4.69, 9.17) is 0 Å². The lowest BCUT2D eigenvalue weighted by Gasteiger charge is -2.46. The predicted molar refractivity (Wildman–Crippen MR) is 94.3 cm³/mol. The van der Waals surface area contributed by atoms with E-state index in [0.717, 1.165) is 28.4 Å². The molecule has 0 unspecified atom stereocenters. The number of hydrogen-bond donors (Lipinski definition) is 0. The van der Waals surface area contributed by atoms with Gasteiger partial charge in [-0.1, -0.05) is 12.8 Å². The van der Waals surface area contributed by atoms with Crippen molar-refractivity contribution in [3.63, 3.8) is 0 Å². The van der Waals surface area contributed by atoms with Gasteiger partial charge in [-0.3, -0.25) is 4.79 Å². The average molecular weight is 369 g/mol. The molecule has 24 heavy (non-hydrogen) atoms. The molecule has 0 bridgehead atoms. The summed E-state index contributed by atoms with van der Waals surface area (Å²) in [6.45, 7) is 3.28. The van der Waals surface area contributed by atoms with E-state index < -0.39 is 9.84 Å². The van der Waals surface area contributed by atoms with Gasteiger partial charge in [0.2, 0.25) is 0 Å². The highest BCUT2D eigenvalue weighted by molar-refractivity contribution is 7.92. The van der Waals surface area contributed by atoms with Gasteiger partial charge in [0.1, 0.15) is 4.88 Å². The monoisotopic (exact) mass is 368 g/mol. The summed E-state index contributed by atoms with van der Waals surface area (Å²) in [6, 6.07) is 0. The van der Waals surface area contributed by atoms with Crippen molar-refractivity contribution in [1.82, 2.24) is 9.88 Å². The maximum atomic E-state index is 12.9. The number of rotatable bonds is 2. The number of amides is 1. The molecule has 0 atom stereocenters. The van der Waals surface area contributed by atoms with Gasteiger partial charge in [-0.05, 0) is 32.6 Å². The van der Waals surface area contributed by atoms with Crippen LogP contribution in [-0.4, -0.2) is 48.8 Å². The third-order valence-electron chi connectivity index (χ3n) is 5.88. The lowest BCUT2D eigenvalue weighted by molar-refractivity contribution is 0.0625. The molecule has 7 heteroatoms. The molecule has 3 heterocycles. The minimum atomic E-state index is -2.80. The standard InChI is InChI=1S/C17H24N2O3S2/c1-12-14(23-15(18-12)13-4-2-3-5-13)16(20)19-8-6-17(7-9-19)10-24(21,22)11-17/h13H,2-11H2,1H3. The number of piperidine rings is 1. The zero-order chi connectivity index (χ0) is 16.9. The van der Waals surface area contributed by atoms with Crippen molar-refractivity contribution in [2.45, 2.75) is 51.4 Å². The summed E-state index contributed by atoms with van der Waals surface area (Å²) in [5.41, 5.74) is 0.811. The molecule has 4 rings (SSSR count). The summed E-state index contributed by atoms with van der Waals surface area (Å²) in [7, 11) is -2.80. The van der Waals surface area contributed by atoms with Crippen molar-refractivity contribution in [2.24, 2.45) is 5.41 Å². The number of nitrogens with zero attached hydrogens (tertiary/aromatic N) is 2. The minimum absolute atomic E-state index is 0.0482. The van der Waals surface area contributed by atoms with Gasteiger partial charge in [0.05, 0.1) is 22.2 Å². The van der Waals surface area contributed by atoms with Gasteiger partial charge in [0.15, 0.2) is 9.84 Å². The summed E-state index contributed by atoms with van der Waals surface area (Å²) in [4.78, 5) is 20.2. The van der Waals surface area contributed by atoms with Crippen LogP contribution in [0, 0.1) is 12.3 Å². The molecule has 5 nitrogen and oxygen atoms in total. The van der Waals surface area contributed by atoms with E-state index in [1.807, 2.05) is 11.8 Å². The Balaban J connectivity index is 1.43. The second-order valence-electron chi connectivity index (χ2n) is 7.77. The van der Waals surface area contributed by atoms with Crippen molar-refractivity contribution in [3.05, 3.63) is 15.6 Å². The quantitative estimate of drug-likeness (QED) is 0.805. The zero-order valence-electron chi connectivity index (χ0n) is 14.1. The fourth-order valence-corrected chi connectivity index (χ4v) is 8.03. The van der Waals surface area contributed by atoms with Gasteiger partial charge in [0, 0.05) is 24.4 Å². The highest BCUT2D eigenvalue weighted by atomic mass is 32.2. The van der Waals surface area contributed by atoms with Crippen LogP contribution in [0.25, 0.3) is 0 Å². The normalized spacial score (nSPS) is 25.8. The first-order valence-corrected chi connectivity index (χ1v) is 11.5. The van der Waals surface area contributed by atoms with Gasteiger partial charge in [0.25, 0.3) is 5.91 Å². The van der Waals surface area contributed by atoms with Crippen LogP contribution in [0.5, 0.6) is 0 Å². The van der Waals surface area contributed by atoms with Crippen molar-refractivity contribution in [1.29, 1.82) is 0 Å². The van der Waals surface area contributed by atoms with Crippen LogP contribution in [0.3, 0.4) is 0 Å². The maximum absolute atomic E-state index is 12.9. The molecule has 3 fully saturated rings. The highest BCUT2D eigenvalue weighted by Crippen LogP contribution is 2.43. The van der Waals surface area contributed by atoms with Gasteiger partial charge < -0.3 is 4.90 Å². The summed E-state index contributed by atoms with van der Waals surface area (Å²) in [6.07, 6.45) is 6.55. The molecular formula is C17H24N2O3S2. The molecule has 1 amide bonds. The number of carbonyl (C=O) groups excluding carboxylic acids is 1. The SMILES string of the molecule is Cc1nc(C2CCCC2)sc1C(=O)N1CCC2(CC1)CS(=O)(=O)C2. The van der Waals surface area contributed by atoms with Crippen molar-refractivity contribution in [2.75, 3.05) is 24.6 Å². The number of thiazole rings is 1. The van der Waals surface area contributed by atoms with Crippen molar-refractivity contribution < 1.29 is 13.2 Å². The summed E-state index contributed by atoms with van der Waals surface area (Å²) < 4.78 is 23.0. The Morgan fingerprint density at radius 3 is 2.42 bits per heavy atom. The van der Waals surface area contributed by atoms with Gasteiger partial charge in [-0.2, -0.15) is 0 Å². The first kappa shape index (κ1) is 16.5. The Kier molecular flexibility index (Phi) is 3.99. The van der Waals surface area contributed by atoms with Crippen LogP contribution in [0.4, 0.5) is 0 Å². The highest BCUT2D eigenvalue weighted by Gasteiger charge is 2.50. The molecule has 3 aliphatic rings. The summed E-state index contributed by atoms with van der Waals surface area (Å²) in [5, 5.41) is 1.13. The average Bonchev–Trinajstić information content (AvgIpc) is 3.14. The van der Waals surface area contributed by atoms with Crippen LogP contribution in [0.15, 0.2) is 0 Å². The number of likely N-dealkylation sites (tertiary alicyclic amines) is 1. The van der Waals surface area contributed by atoms with Gasteiger partial charge in [-0.25, -0.2) is 13.4 Å². The Hall–Kier alpha value is -0.950. The second kappa shape index (κ2) is 5.80. The maximum Gasteiger partial charge on any atom is 0.265 e. The molecule has 1 spiro atoms. The number of hydrogen-bond acceptors (Lipinski definition) is 5. The van der Waals surface area contributed by atoms with Crippen LogP contribution in [0.2, 0.25) is 0 Å². The van der Waals surface area contributed by atoms with Crippen LogP contribution in [0.1, 0.15) is 64.8 Å². The third kappa shape index (κ3) is 2.90. The van der Waals surface area contributed by atoms with E-state index in [1.54, 1.807) is 11.3 Å². The smallest absolute Gasteiger partial charge is 0.265 e. The van der Waals surface area contributed by atoms with Crippen molar-refractivity contribution >= 4 is 27.1 Å². The summed E-state index contributed by atoms with van der Waals surface area (Å²) >= 11 is 1.58. The topological polar surface area (TPSA) is 67.3 Å². The second-order valence-corrected chi connectivity index (χ2v) is 10.9. The Morgan fingerprint density at radius 2 is 1.83 bits per heavy atom. The molecular weight excluding hydrogens is 344 g/mol. The Labute approximate surface area is 147 Å². The van der Waals surface area contributed by atoms with Crippen LogP contribution in [-0.2, 0) is 9.84 Å². The Bertz CT molecular complexity index is 741. The molecule has 0 N–H and O–H groups in total. The molecule has 2 aliphatic heterocycles. The number of sulfone groups is 1. The fraction of sp³-hybridized carbons (Fsp3) is 0.765. The largest absolute Gasteiger partial charge is 0.338 e. The van der Waals surface area contributed by atoms with Gasteiger partial charge >= 0.3 is 0 Å². The molecule has 132 valence electrons. The third-order valence-corrected chi connectivity index (χ3v) is 9.29. The zero-order valence-corrected chi connectivity index (χ0v) is 15.7. The molecule has 0 aromatic carbocycles. The fourth-order valence-electron chi connectivity index (χ4n) is 4.47. The molecule has 1 saturated carbocycles. The minimum Gasteiger partial charge on any atom is -0.338 e. The predicted octanol–water partition coefficient (Wildman–Crippen LogP) is 2.76. The molecule has 0 radical (unpaired) electrons. The number of aryl methyl sites for hydroxylation is 1. The number of aromatic nitrogens is 1. The Morgan fingerprint density at radius 1 is 1.21 bits per heavy atom. The lowest BCUT2D eigenvalue weighted by atomic mass is 9.81. The van der Waals surface area contributed by atoms with Crippen LogP contribution < -0.4 is 0 Å². The molecule has 1 aromatic heterocycles. The van der Waals surface area contributed by atoms with E-state index in [0.29, 0.717) is 30.5 Å². The van der Waals surface area contributed by atoms with Crippen LogP contribution >= 0.6 is 11.3 Å². The van der Waals surface area contributed by atoms with E-state index in [2.05, 4.69) is 4.98 Å². The van der Waals surface area contributed by atoms with E-state index in [-0.39, 0.29) is 11.3 Å². The van der Waals surface area contributed by atoms with E-state index >= 15 is 0 Å². The lowest BCUT2D eigenvalue weighted by Crippen LogP contribution is -2.55. The molecule has 1 aliphatic carbocycles.